The van der Waals surface area contributed by atoms with Gasteiger partial charge in [0.25, 0.3) is 0 Å². The van der Waals surface area contributed by atoms with E-state index >= 15 is 0 Å². The van der Waals surface area contributed by atoms with Gasteiger partial charge in [-0.25, -0.2) is 0 Å². The highest BCUT2D eigenvalue weighted by Gasteiger charge is 2.31. The van der Waals surface area contributed by atoms with Gasteiger partial charge in [0, 0.05) is 0 Å². The maximum Gasteiger partial charge on any atom is 0.179 e. The molecule has 0 saturated carbocycles. The lowest BCUT2D eigenvalue weighted by atomic mass is 10.6. The summed E-state index contributed by atoms with van der Waals surface area (Å²) >= 11 is 0. The summed E-state index contributed by atoms with van der Waals surface area (Å²) in [6, 6.07) is 1.24. The van der Waals surface area contributed by atoms with Crippen LogP contribution in [-0.4, -0.2) is 34.5 Å². The Balaban J connectivity index is 4.21. The molecule has 97 valence electrons. The van der Waals surface area contributed by atoms with Crippen LogP contribution in [0.3, 0.4) is 0 Å². The molecule has 0 N–H and O–H groups in total. The Kier molecular flexibility index (Phi) is 6.98. The fourth-order valence-corrected chi connectivity index (χ4v) is 20.5. The van der Waals surface area contributed by atoms with E-state index in [9.17, 15) is 0 Å². The van der Waals surface area contributed by atoms with Crippen molar-refractivity contribution in [3.05, 3.63) is 5.54 Å². The van der Waals surface area contributed by atoms with Crippen molar-refractivity contribution in [2.45, 2.75) is 59.6 Å². The first-order valence-corrected chi connectivity index (χ1v) is 17.7. The highest BCUT2D eigenvalue weighted by Crippen LogP contribution is 2.19. The lowest BCUT2D eigenvalue weighted by molar-refractivity contribution is 0.555. The van der Waals surface area contributed by atoms with Crippen molar-refractivity contribution < 1.29 is 8.23 Å². The largest absolute Gasteiger partial charge is 0.461 e. The van der Waals surface area contributed by atoms with Crippen LogP contribution < -0.4 is 0 Å². The summed E-state index contributed by atoms with van der Waals surface area (Å²) in [5.41, 5.74) is 1.50. The second-order valence-electron chi connectivity index (χ2n) is 6.08. The molecule has 0 bridgehead atoms. The molecule has 1 atom stereocenters. The van der Waals surface area contributed by atoms with E-state index in [1.165, 1.54) is 11.6 Å². The van der Waals surface area contributed by atoms with Crippen LogP contribution in [0.25, 0.3) is 0 Å². The number of rotatable bonds is 7. The minimum Gasteiger partial charge on any atom is -0.461 e. The summed E-state index contributed by atoms with van der Waals surface area (Å²) in [5.74, 6) is 0. The molecule has 1 unspecified atom stereocenters. The van der Waals surface area contributed by atoms with Crippen LogP contribution >= 0.6 is 0 Å². The number of hydrogen-bond acceptors (Lipinski definition) is 2. The normalized spacial score (nSPS) is 16.3. The average molecular weight is 294 g/mol. The van der Waals surface area contributed by atoms with Crippen LogP contribution in [0.4, 0.5) is 0 Å². The molecule has 0 aromatic heterocycles. The molecule has 0 saturated heterocycles. The van der Waals surface area contributed by atoms with Gasteiger partial charge in [0.05, 0.1) is 0 Å². The molecular weight excluding hydrogens is 264 g/mol. The van der Waals surface area contributed by atoms with E-state index in [4.69, 9.17) is 8.23 Å². The van der Waals surface area contributed by atoms with Gasteiger partial charge in [-0.05, 0) is 44.3 Å². The Morgan fingerprint density at radius 1 is 1.12 bits per heavy atom. The van der Waals surface area contributed by atoms with Crippen molar-refractivity contribution in [1.82, 2.24) is 0 Å². The molecule has 0 aliphatic heterocycles. The smallest absolute Gasteiger partial charge is 0.179 e. The number of hydrogen-bond donors (Lipinski definition) is 0. The molecule has 0 aromatic carbocycles. The maximum atomic E-state index is 6.44. The molecule has 1 radical (unpaired) electrons. The second-order valence-corrected chi connectivity index (χ2v) is 22.6. The van der Waals surface area contributed by atoms with Crippen molar-refractivity contribution in [1.29, 1.82) is 0 Å². The van der Waals surface area contributed by atoms with Gasteiger partial charge in [-0.2, -0.15) is 0 Å². The Morgan fingerprint density at radius 2 is 1.62 bits per heavy atom. The standard InChI is InChI=1S/C10H29O2Si4/c1-9-14(13-11-15(4,5)6)12-16(7,8)10(2)3/h14H,9,13H2,1-8H3. The molecule has 0 fully saturated rings. The summed E-state index contributed by atoms with van der Waals surface area (Å²) in [4.78, 5) is 0. The van der Waals surface area contributed by atoms with Gasteiger partial charge in [0.15, 0.2) is 34.5 Å². The Morgan fingerprint density at radius 3 is 1.94 bits per heavy atom. The zero-order valence-electron chi connectivity index (χ0n) is 12.3. The van der Waals surface area contributed by atoms with Crippen LogP contribution in [0, 0.1) is 5.54 Å². The Hall–Kier alpha value is 0.788. The molecule has 0 aliphatic carbocycles. The molecule has 0 rings (SSSR count). The van der Waals surface area contributed by atoms with Crippen LogP contribution in [0.15, 0.2) is 0 Å². The summed E-state index contributed by atoms with van der Waals surface area (Å²) in [7, 11) is -4.22. The van der Waals surface area contributed by atoms with Gasteiger partial charge in [0.2, 0.25) is 0 Å². The van der Waals surface area contributed by atoms with Gasteiger partial charge in [-0.3, -0.25) is 0 Å². The third kappa shape index (κ3) is 7.18. The predicted molar refractivity (Wildman–Crippen MR) is 83.8 cm³/mol. The monoisotopic (exact) mass is 293 g/mol. The van der Waals surface area contributed by atoms with Crippen molar-refractivity contribution in [2.24, 2.45) is 0 Å². The van der Waals surface area contributed by atoms with E-state index in [0.717, 1.165) is 0 Å². The highest BCUT2D eigenvalue weighted by molar-refractivity contribution is 7.11. The SMILES string of the molecule is CC[SiH](O[Si](C)(C)[C](C)C)[SiH2]O[Si](C)(C)C. The molecule has 0 aliphatic rings. The Labute approximate surface area is 108 Å². The van der Waals surface area contributed by atoms with E-state index in [1.807, 2.05) is 0 Å². The van der Waals surface area contributed by atoms with Crippen molar-refractivity contribution in [2.75, 3.05) is 0 Å². The maximum absolute atomic E-state index is 6.44. The van der Waals surface area contributed by atoms with Gasteiger partial charge in [-0.15, -0.1) is 0 Å². The third-order valence-corrected chi connectivity index (χ3v) is 20.2. The fourth-order valence-electron chi connectivity index (χ4n) is 1.11. The first-order valence-electron chi connectivity index (χ1n) is 6.21. The minimum absolute atomic E-state index is 0.391. The first kappa shape index (κ1) is 16.8. The van der Waals surface area contributed by atoms with Gasteiger partial charge in [-0.1, -0.05) is 20.8 Å². The van der Waals surface area contributed by atoms with Crippen molar-refractivity contribution in [3.8, 4) is 0 Å². The molecule has 6 heteroatoms. The van der Waals surface area contributed by atoms with E-state index < -0.39 is 34.5 Å². The quantitative estimate of drug-likeness (QED) is 0.672. The van der Waals surface area contributed by atoms with Crippen molar-refractivity contribution in [3.63, 3.8) is 0 Å². The van der Waals surface area contributed by atoms with Gasteiger partial charge < -0.3 is 8.23 Å². The molecule has 2 nitrogen and oxygen atoms in total. The lowest BCUT2D eigenvalue weighted by Crippen LogP contribution is -2.46. The molecule has 0 aromatic rings. The predicted octanol–water partition coefficient (Wildman–Crippen LogP) is 2.54. The lowest BCUT2D eigenvalue weighted by Gasteiger charge is -2.32. The van der Waals surface area contributed by atoms with E-state index in [2.05, 4.69) is 53.5 Å². The zero-order valence-corrected chi connectivity index (χ0v) is 16.9. The Bertz CT molecular complexity index is 201. The molecule has 16 heavy (non-hydrogen) atoms. The summed E-state index contributed by atoms with van der Waals surface area (Å²) in [6.07, 6.45) is 0. The van der Waals surface area contributed by atoms with Crippen molar-refractivity contribution >= 4 is 34.5 Å². The van der Waals surface area contributed by atoms with E-state index in [1.54, 1.807) is 0 Å². The third-order valence-electron chi connectivity index (χ3n) is 2.82. The van der Waals surface area contributed by atoms with Gasteiger partial charge >= 0.3 is 0 Å². The summed E-state index contributed by atoms with van der Waals surface area (Å²) < 4.78 is 12.6. The first-order chi connectivity index (χ1) is 7.08. The zero-order chi connectivity index (χ0) is 13.0. The molecular formula is C10H29O2Si4. The van der Waals surface area contributed by atoms with Crippen LogP contribution in [0.2, 0.25) is 38.8 Å². The molecule has 0 amide bonds. The van der Waals surface area contributed by atoms with Crippen LogP contribution in [0.5, 0.6) is 0 Å². The molecule has 0 spiro atoms. The van der Waals surface area contributed by atoms with Gasteiger partial charge in [0.1, 0.15) is 0 Å². The average Bonchev–Trinajstić information content (AvgIpc) is 2.10. The minimum atomic E-state index is -1.51. The summed E-state index contributed by atoms with van der Waals surface area (Å²) in [5, 5.41) is 0. The van der Waals surface area contributed by atoms with E-state index in [0.29, 0.717) is 0 Å². The second kappa shape index (κ2) is 6.65. The summed E-state index contributed by atoms with van der Waals surface area (Å²) in [6.45, 7) is 18.2. The topological polar surface area (TPSA) is 18.5 Å². The van der Waals surface area contributed by atoms with Crippen LogP contribution in [0.1, 0.15) is 20.8 Å². The molecule has 0 heterocycles. The van der Waals surface area contributed by atoms with E-state index in [-0.39, 0.29) is 0 Å². The fraction of sp³-hybridized carbons (Fsp3) is 0.900. The highest BCUT2D eigenvalue weighted by atomic mass is 29.2. The van der Waals surface area contributed by atoms with Crippen LogP contribution in [-0.2, 0) is 8.23 Å².